The van der Waals surface area contributed by atoms with Gasteiger partial charge < -0.3 is 20.3 Å². The van der Waals surface area contributed by atoms with Crippen molar-refractivity contribution in [2.75, 3.05) is 64.9 Å². The Labute approximate surface area is 144 Å². The molecule has 1 saturated heterocycles. The summed E-state index contributed by atoms with van der Waals surface area (Å²) in [5.74, 6) is 1.64. The van der Waals surface area contributed by atoms with E-state index >= 15 is 0 Å². The molecular formula is C16H29N7O. The quantitative estimate of drug-likeness (QED) is 0.528. The van der Waals surface area contributed by atoms with Gasteiger partial charge in [0.05, 0.1) is 6.61 Å². The summed E-state index contributed by atoms with van der Waals surface area (Å²) in [4.78, 5) is 17.5. The molecule has 8 heteroatoms. The molecule has 24 heavy (non-hydrogen) atoms. The number of guanidine groups is 1. The molecule has 0 aliphatic carbocycles. The molecule has 0 spiro atoms. The molecular weight excluding hydrogens is 306 g/mol. The van der Waals surface area contributed by atoms with Gasteiger partial charge >= 0.3 is 0 Å². The highest BCUT2D eigenvalue weighted by Gasteiger charge is 2.18. The van der Waals surface area contributed by atoms with Crippen molar-refractivity contribution in [1.82, 2.24) is 25.5 Å². The average Bonchev–Trinajstić information content (AvgIpc) is 2.62. The fraction of sp³-hybridized carbons (Fsp3) is 0.688. The number of methoxy groups -OCH3 is 1. The Bertz CT molecular complexity index is 488. The van der Waals surface area contributed by atoms with Gasteiger partial charge in [-0.2, -0.15) is 0 Å². The van der Waals surface area contributed by atoms with Crippen LogP contribution in [0.2, 0.25) is 0 Å². The Balaban J connectivity index is 1.65. The molecule has 8 nitrogen and oxygen atoms in total. The summed E-state index contributed by atoms with van der Waals surface area (Å²) in [5.41, 5.74) is 0. The van der Waals surface area contributed by atoms with Crippen LogP contribution >= 0.6 is 0 Å². The number of aromatic nitrogens is 2. The van der Waals surface area contributed by atoms with Gasteiger partial charge in [0.2, 0.25) is 5.95 Å². The number of rotatable bonds is 7. The average molecular weight is 335 g/mol. The maximum atomic E-state index is 5.13. The first-order chi connectivity index (χ1) is 11.7. The van der Waals surface area contributed by atoms with Crippen LogP contribution in [0.1, 0.15) is 6.92 Å². The van der Waals surface area contributed by atoms with E-state index in [0.717, 1.165) is 51.2 Å². The van der Waals surface area contributed by atoms with E-state index < -0.39 is 0 Å². The number of hydrogen-bond acceptors (Lipinski definition) is 6. The van der Waals surface area contributed by atoms with Crippen molar-refractivity contribution in [2.45, 2.75) is 13.0 Å². The molecule has 1 atom stereocenters. The van der Waals surface area contributed by atoms with Gasteiger partial charge in [0.15, 0.2) is 5.96 Å². The SMILES string of the molecule is CN=C(NCCN1CCN(c2ncccn2)CC1)NC(C)COC. The van der Waals surface area contributed by atoms with Crippen molar-refractivity contribution in [3.8, 4) is 0 Å². The Hall–Kier alpha value is -1.93. The summed E-state index contributed by atoms with van der Waals surface area (Å²) in [7, 11) is 3.49. The van der Waals surface area contributed by atoms with Crippen molar-refractivity contribution in [2.24, 2.45) is 4.99 Å². The van der Waals surface area contributed by atoms with Gasteiger partial charge in [-0.15, -0.1) is 0 Å². The number of hydrogen-bond donors (Lipinski definition) is 2. The monoisotopic (exact) mass is 335 g/mol. The molecule has 0 amide bonds. The van der Waals surface area contributed by atoms with E-state index in [9.17, 15) is 0 Å². The number of piperazine rings is 1. The van der Waals surface area contributed by atoms with E-state index in [4.69, 9.17) is 4.74 Å². The number of ether oxygens (including phenoxy) is 1. The molecule has 1 fully saturated rings. The summed E-state index contributed by atoms with van der Waals surface area (Å²) in [6, 6.07) is 2.08. The smallest absolute Gasteiger partial charge is 0.225 e. The van der Waals surface area contributed by atoms with E-state index in [2.05, 4.69) is 42.3 Å². The molecule has 0 bridgehead atoms. The van der Waals surface area contributed by atoms with E-state index in [0.29, 0.717) is 6.61 Å². The van der Waals surface area contributed by atoms with Gasteiger partial charge in [-0.25, -0.2) is 9.97 Å². The standard InChI is InChI=1S/C16H29N7O/c1-14(13-24-3)21-15(17-2)18-7-8-22-9-11-23(12-10-22)16-19-5-4-6-20-16/h4-6,14H,7-13H2,1-3H3,(H2,17,18,21). The van der Waals surface area contributed by atoms with Crippen LogP contribution < -0.4 is 15.5 Å². The molecule has 0 radical (unpaired) electrons. The lowest BCUT2D eigenvalue weighted by molar-refractivity contribution is 0.179. The van der Waals surface area contributed by atoms with Crippen LogP contribution in [0.3, 0.4) is 0 Å². The third-order valence-corrected chi connectivity index (χ3v) is 3.95. The topological polar surface area (TPSA) is 77.9 Å². The highest BCUT2D eigenvalue weighted by Crippen LogP contribution is 2.08. The summed E-state index contributed by atoms with van der Waals surface area (Å²) >= 11 is 0. The predicted molar refractivity (Wildman–Crippen MR) is 96.5 cm³/mol. The fourth-order valence-electron chi connectivity index (χ4n) is 2.68. The van der Waals surface area contributed by atoms with Crippen LogP contribution in [0.25, 0.3) is 0 Å². The Kier molecular flexibility index (Phi) is 7.70. The Morgan fingerprint density at radius 3 is 2.62 bits per heavy atom. The van der Waals surface area contributed by atoms with Crippen LogP contribution in [0.15, 0.2) is 23.5 Å². The highest BCUT2D eigenvalue weighted by molar-refractivity contribution is 5.79. The highest BCUT2D eigenvalue weighted by atomic mass is 16.5. The van der Waals surface area contributed by atoms with Crippen LogP contribution in [-0.2, 0) is 4.74 Å². The zero-order chi connectivity index (χ0) is 17.2. The van der Waals surface area contributed by atoms with Crippen LogP contribution in [-0.4, -0.2) is 86.9 Å². The van der Waals surface area contributed by atoms with Crippen LogP contribution in [0.4, 0.5) is 5.95 Å². The first-order valence-electron chi connectivity index (χ1n) is 8.43. The lowest BCUT2D eigenvalue weighted by atomic mass is 10.3. The van der Waals surface area contributed by atoms with Crippen molar-refractivity contribution in [3.05, 3.63) is 18.5 Å². The van der Waals surface area contributed by atoms with E-state index in [1.165, 1.54) is 0 Å². The number of anilines is 1. The lowest BCUT2D eigenvalue weighted by Crippen LogP contribution is -2.50. The maximum Gasteiger partial charge on any atom is 0.225 e. The minimum absolute atomic E-state index is 0.232. The van der Waals surface area contributed by atoms with Crippen molar-refractivity contribution in [3.63, 3.8) is 0 Å². The van der Waals surface area contributed by atoms with Gasteiger partial charge in [-0.3, -0.25) is 9.89 Å². The van der Waals surface area contributed by atoms with Crippen molar-refractivity contribution < 1.29 is 4.74 Å². The lowest BCUT2D eigenvalue weighted by Gasteiger charge is -2.34. The van der Waals surface area contributed by atoms with E-state index in [1.54, 1.807) is 26.6 Å². The fourth-order valence-corrected chi connectivity index (χ4v) is 2.68. The van der Waals surface area contributed by atoms with Crippen molar-refractivity contribution >= 4 is 11.9 Å². The van der Waals surface area contributed by atoms with Gasteiger partial charge in [-0.05, 0) is 13.0 Å². The third kappa shape index (κ3) is 5.93. The molecule has 1 aromatic heterocycles. The largest absolute Gasteiger partial charge is 0.383 e. The normalized spacial score (nSPS) is 17.6. The second-order valence-corrected chi connectivity index (χ2v) is 5.88. The minimum Gasteiger partial charge on any atom is -0.383 e. The molecule has 1 aliphatic heterocycles. The van der Waals surface area contributed by atoms with E-state index in [1.807, 2.05) is 6.07 Å². The van der Waals surface area contributed by atoms with Gasteiger partial charge in [-0.1, -0.05) is 0 Å². The summed E-state index contributed by atoms with van der Waals surface area (Å²) in [6.45, 7) is 8.54. The van der Waals surface area contributed by atoms with Crippen LogP contribution in [0.5, 0.6) is 0 Å². The van der Waals surface area contributed by atoms with Crippen LogP contribution in [0, 0.1) is 0 Å². The summed E-state index contributed by atoms with van der Waals surface area (Å²) in [6.07, 6.45) is 3.59. The second-order valence-electron chi connectivity index (χ2n) is 5.88. The molecule has 0 aromatic carbocycles. The van der Waals surface area contributed by atoms with E-state index in [-0.39, 0.29) is 6.04 Å². The molecule has 1 unspecified atom stereocenters. The van der Waals surface area contributed by atoms with Gasteiger partial charge in [0.25, 0.3) is 0 Å². The van der Waals surface area contributed by atoms with Gasteiger partial charge in [0, 0.05) is 71.9 Å². The molecule has 2 N–H and O–H groups in total. The third-order valence-electron chi connectivity index (χ3n) is 3.95. The second kappa shape index (κ2) is 10.0. The minimum atomic E-state index is 0.232. The van der Waals surface area contributed by atoms with Gasteiger partial charge in [0.1, 0.15) is 0 Å². The summed E-state index contributed by atoms with van der Waals surface area (Å²) in [5, 5.41) is 6.66. The molecule has 2 heterocycles. The molecule has 1 aromatic rings. The summed E-state index contributed by atoms with van der Waals surface area (Å²) < 4.78 is 5.13. The molecule has 134 valence electrons. The zero-order valence-corrected chi connectivity index (χ0v) is 14.9. The zero-order valence-electron chi connectivity index (χ0n) is 14.9. The number of nitrogens with zero attached hydrogens (tertiary/aromatic N) is 5. The Morgan fingerprint density at radius 1 is 1.29 bits per heavy atom. The van der Waals surface area contributed by atoms with Crippen molar-refractivity contribution in [1.29, 1.82) is 0 Å². The predicted octanol–water partition coefficient (Wildman–Crippen LogP) is -0.201. The number of aliphatic imine (C=N–C) groups is 1. The molecule has 0 saturated carbocycles. The first-order valence-corrected chi connectivity index (χ1v) is 8.43. The molecule has 1 aliphatic rings. The number of nitrogens with one attached hydrogen (secondary N) is 2. The first kappa shape index (κ1) is 18.4. The molecule has 2 rings (SSSR count). The Morgan fingerprint density at radius 2 is 2.00 bits per heavy atom. The maximum absolute atomic E-state index is 5.13.